The molecular formula is C13H21N5OS. The zero-order chi connectivity index (χ0) is 15.3. The average Bonchev–Trinajstić information content (AvgIpc) is 2.32. The van der Waals surface area contributed by atoms with Crippen molar-refractivity contribution in [1.82, 2.24) is 15.2 Å². The zero-order valence-electron chi connectivity index (χ0n) is 12.3. The van der Waals surface area contributed by atoms with Gasteiger partial charge in [-0.25, -0.2) is 9.78 Å². The molecule has 1 aromatic heterocycles. The fourth-order valence-corrected chi connectivity index (χ4v) is 2.04. The molecule has 1 heterocycles. The number of anilines is 1. The second kappa shape index (κ2) is 7.04. The van der Waals surface area contributed by atoms with Crippen LogP contribution in [0.1, 0.15) is 16.8 Å². The summed E-state index contributed by atoms with van der Waals surface area (Å²) in [6, 6.07) is 1.81. The third-order valence-corrected chi connectivity index (χ3v) is 2.90. The van der Waals surface area contributed by atoms with Gasteiger partial charge in [0.1, 0.15) is 10.8 Å². The van der Waals surface area contributed by atoms with E-state index in [4.69, 9.17) is 18.0 Å². The first-order chi connectivity index (χ1) is 9.32. The number of nitrogens with zero attached hydrogens (tertiary/aromatic N) is 2. The number of hydrogen-bond donors (Lipinski definition) is 3. The van der Waals surface area contributed by atoms with Gasteiger partial charge in [0.05, 0.1) is 5.56 Å². The molecule has 0 atom stereocenters. The van der Waals surface area contributed by atoms with E-state index in [-0.39, 0.29) is 6.03 Å². The summed E-state index contributed by atoms with van der Waals surface area (Å²) < 4.78 is 0. The highest BCUT2D eigenvalue weighted by atomic mass is 32.1. The maximum Gasteiger partial charge on any atom is 0.316 e. The van der Waals surface area contributed by atoms with Gasteiger partial charge in [0.25, 0.3) is 0 Å². The van der Waals surface area contributed by atoms with E-state index in [1.807, 2.05) is 19.9 Å². The lowest BCUT2D eigenvalue weighted by Crippen LogP contribution is -2.37. The molecule has 0 saturated carbocycles. The molecule has 20 heavy (non-hydrogen) atoms. The Morgan fingerprint density at radius 2 is 2.05 bits per heavy atom. The Hall–Kier alpha value is -1.89. The Kier molecular flexibility index (Phi) is 5.69. The Morgan fingerprint density at radius 3 is 2.60 bits per heavy atom. The molecule has 0 saturated heterocycles. The molecule has 1 aromatic rings. The number of aryl methyl sites for hydroxylation is 2. The van der Waals surface area contributed by atoms with Crippen LogP contribution in [0.2, 0.25) is 0 Å². The van der Waals surface area contributed by atoms with E-state index in [0.29, 0.717) is 23.9 Å². The highest BCUT2D eigenvalue weighted by Gasteiger charge is 2.11. The van der Waals surface area contributed by atoms with Crippen molar-refractivity contribution in [3.8, 4) is 0 Å². The van der Waals surface area contributed by atoms with Crippen LogP contribution >= 0.6 is 12.2 Å². The summed E-state index contributed by atoms with van der Waals surface area (Å²) in [5.41, 5.74) is 8.37. The molecule has 7 heteroatoms. The first-order valence-electron chi connectivity index (χ1n) is 6.30. The minimum Gasteiger partial charge on any atom is -0.389 e. The predicted molar refractivity (Wildman–Crippen MR) is 85.2 cm³/mol. The number of carbonyl (C=O) groups is 1. The number of rotatable bonds is 5. The Morgan fingerprint density at radius 1 is 1.40 bits per heavy atom. The summed E-state index contributed by atoms with van der Waals surface area (Å²) in [6.45, 7) is 4.89. The van der Waals surface area contributed by atoms with Gasteiger partial charge in [0.15, 0.2) is 0 Å². The second-order valence-electron chi connectivity index (χ2n) is 4.72. The maximum absolute atomic E-state index is 11.4. The number of aromatic nitrogens is 1. The Labute approximate surface area is 124 Å². The number of nitrogens with one attached hydrogen (secondary N) is 2. The zero-order valence-corrected chi connectivity index (χ0v) is 13.1. The van der Waals surface area contributed by atoms with Gasteiger partial charge in [-0.2, -0.15) is 0 Å². The number of thiocarbonyl (C=S) groups is 1. The van der Waals surface area contributed by atoms with Crippen molar-refractivity contribution in [2.75, 3.05) is 32.5 Å². The van der Waals surface area contributed by atoms with E-state index in [1.165, 1.54) is 4.90 Å². The van der Waals surface area contributed by atoms with E-state index >= 15 is 0 Å². The molecule has 6 nitrogen and oxygen atoms in total. The number of pyridine rings is 1. The lowest BCUT2D eigenvalue weighted by atomic mass is 10.1. The van der Waals surface area contributed by atoms with Gasteiger partial charge in [0, 0.05) is 32.9 Å². The van der Waals surface area contributed by atoms with Crippen LogP contribution in [-0.4, -0.2) is 48.1 Å². The molecule has 0 aromatic carbocycles. The van der Waals surface area contributed by atoms with Crippen molar-refractivity contribution in [3.63, 3.8) is 0 Å². The summed E-state index contributed by atoms with van der Waals surface area (Å²) in [7, 11) is 3.39. The van der Waals surface area contributed by atoms with Crippen LogP contribution in [-0.2, 0) is 0 Å². The monoisotopic (exact) mass is 295 g/mol. The van der Waals surface area contributed by atoms with Crippen LogP contribution in [0.3, 0.4) is 0 Å². The van der Waals surface area contributed by atoms with Crippen LogP contribution in [0.4, 0.5) is 10.6 Å². The topological polar surface area (TPSA) is 83.3 Å². The van der Waals surface area contributed by atoms with Crippen molar-refractivity contribution < 1.29 is 4.79 Å². The van der Waals surface area contributed by atoms with Gasteiger partial charge in [0.2, 0.25) is 0 Å². The first kappa shape index (κ1) is 16.2. The molecule has 0 bridgehead atoms. The second-order valence-corrected chi connectivity index (χ2v) is 5.16. The van der Waals surface area contributed by atoms with E-state index in [2.05, 4.69) is 15.6 Å². The predicted octanol–water partition coefficient (Wildman–Crippen LogP) is 1.02. The quantitative estimate of drug-likeness (QED) is 0.558. The summed E-state index contributed by atoms with van der Waals surface area (Å²) in [5.74, 6) is 0.661. The van der Waals surface area contributed by atoms with Crippen molar-refractivity contribution in [2.45, 2.75) is 13.8 Å². The fourth-order valence-electron chi connectivity index (χ4n) is 1.78. The molecular weight excluding hydrogens is 274 g/mol. The average molecular weight is 295 g/mol. The third-order valence-electron chi connectivity index (χ3n) is 2.69. The van der Waals surface area contributed by atoms with Gasteiger partial charge < -0.3 is 21.3 Å². The third kappa shape index (κ3) is 4.34. The standard InChI is InChI=1S/C13H21N5OS/c1-8-7-9(2)17-12(10(8)11(14)20)15-5-6-16-13(19)18(3)4/h7H,5-6H2,1-4H3,(H2,14,20)(H,15,17)(H,16,19). The summed E-state index contributed by atoms with van der Waals surface area (Å²) in [4.78, 5) is 17.6. The number of carbonyl (C=O) groups excluding carboxylic acids is 1. The summed E-state index contributed by atoms with van der Waals surface area (Å²) in [6.07, 6.45) is 0. The Bertz CT molecular complexity index is 516. The van der Waals surface area contributed by atoms with Gasteiger partial charge in [-0.1, -0.05) is 12.2 Å². The molecule has 0 radical (unpaired) electrons. The summed E-state index contributed by atoms with van der Waals surface area (Å²) in [5, 5.41) is 5.92. The molecule has 1 rings (SSSR count). The van der Waals surface area contributed by atoms with E-state index in [0.717, 1.165) is 16.8 Å². The highest BCUT2D eigenvalue weighted by Crippen LogP contribution is 2.18. The lowest BCUT2D eigenvalue weighted by molar-refractivity contribution is 0.218. The minimum atomic E-state index is -0.130. The van der Waals surface area contributed by atoms with Crippen molar-refractivity contribution in [1.29, 1.82) is 0 Å². The molecule has 0 aliphatic carbocycles. The molecule has 0 spiro atoms. The number of hydrogen-bond acceptors (Lipinski definition) is 4. The Balaban J connectivity index is 2.68. The lowest BCUT2D eigenvalue weighted by Gasteiger charge is -2.15. The van der Waals surface area contributed by atoms with Gasteiger partial charge in [-0.05, 0) is 25.5 Å². The van der Waals surface area contributed by atoms with Crippen LogP contribution in [0.5, 0.6) is 0 Å². The molecule has 0 aliphatic rings. The smallest absolute Gasteiger partial charge is 0.316 e. The van der Waals surface area contributed by atoms with Gasteiger partial charge in [-0.15, -0.1) is 0 Å². The van der Waals surface area contributed by atoms with Crippen LogP contribution in [0, 0.1) is 13.8 Å². The van der Waals surface area contributed by atoms with E-state index < -0.39 is 0 Å². The number of amides is 2. The molecule has 110 valence electrons. The number of urea groups is 1. The van der Waals surface area contributed by atoms with Crippen molar-refractivity contribution >= 4 is 29.1 Å². The molecule has 4 N–H and O–H groups in total. The molecule has 2 amide bonds. The maximum atomic E-state index is 11.4. The molecule has 0 fully saturated rings. The summed E-state index contributed by atoms with van der Waals surface area (Å²) >= 11 is 5.06. The van der Waals surface area contributed by atoms with E-state index in [9.17, 15) is 4.79 Å². The highest BCUT2D eigenvalue weighted by molar-refractivity contribution is 7.80. The largest absolute Gasteiger partial charge is 0.389 e. The minimum absolute atomic E-state index is 0.130. The van der Waals surface area contributed by atoms with E-state index in [1.54, 1.807) is 14.1 Å². The van der Waals surface area contributed by atoms with Gasteiger partial charge in [-0.3, -0.25) is 0 Å². The van der Waals surface area contributed by atoms with Crippen molar-refractivity contribution in [2.24, 2.45) is 5.73 Å². The number of nitrogens with two attached hydrogens (primary N) is 1. The molecule has 0 unspecified atom stereocenters. The fraction of sp³-hybridized carbons (Fsp3) is 0.462. The van der Waals surface area contributed by atoms with Crippen LogP contribution in [0.15, 0.2) is 6.07 Å². The normalized spacial score (nSPS) is 10.0. The van der Waals surface area contributed by atoms with Gasteiger partial charge >= 0.3 is 6.03 Å². The van der Waals surface area contributed by atoms with Crippen molar-refractivity contribution in [3.05, 3.63) is 22.9 Å². The van der Waals surface area contributed by atoms with Crippen LogP contribution < -0.4 is 16.4 Å². The molecule has 0 aliphatic heterocycles. The van der Waals surface area contributed by atoms with Crippen LogP contribution in [0.25, 0.3) is 0 Å². The SMILES string of the molecule is Cc1cc(C)c(C(N)=S)c(NCCNC(=O)N(C)C)n1. The first-order valence-corrected chi connectivity index (χ1v) is 6.70.